The first-order valence-electron chi connectivity index (χ1n) is 11.4. The van der Waals surface area contributed by atoms with Crippen molar-refractivity contribution in [3.05, 3.63) is 65.2 Å². The van der Waals surface area contributed by atoms with Gasteiger partial charge >= 0.3 is 11.9 Å². The summed E-state index contributed by atoms with van der Waals surface area (Å²) in [6.07, 6.45) is 4.55. The van der Waals surface area contributed by atoms with Crippen LogP contribution in [0.3, 0.4) is 0 Å². The molecule has 1 saturated heterocycles. The molecule has 1 N–H and O–H groups in total. The Morgan fingerprint density at radius 3 is 2.09 bits per heavy atom. The van der Waals surface area contributed by atoms with Crippen molar-refractivity contribution in [1.82, 2.24) is 4.90 Å². The number of hydrogen-bond donors (Lipinski definition) is 1. The standard InChI is InChI=1S/C26H28N2O6/c1-33-25(31)18-12-19(26(32)34-2)14-20(13-18)27-23(29)22-15-17-10-6-7-11-21(17)28(22)24(30)16-8-4-3-5-9-16/h3-5,8-9,12-14,17,21-22H,6-7,10-11,15H2,1-2H3,(H,27,29). The number of rotatable bonds is 5. The highest BCUT2D eigenvalue weighted by Crippen LogP contribution is 2.41. The number of hydrogen-bond acceptors (Lipinski definition) is 6. The minimum absolute atomic E-state index is 0.0178. The van der Waals surface area contributed by atoms with Crippen molar-refractivity contribution in [2.75, 3.05) is 19.5 Å². The molecule has 2 aromatic rings. The quantitative estimate of drug-likeness (QED) is 0.678. The van der Waals surface area contributed by atoms with E-state index in [0.717, 1.165) is 25.7 Å². The Morgan fingerprint density at radius 2 is 1.47 bits per heavy atom. The van der Waals surface area contributed by atoms with Crippen LogP contribution in [0.1, 0.15) is 63.2 Å². The fraction of sp³-hybridized carbons (Fsp3) is 0.385. The molecule has 1 heterocycles. The number of esters is 2. The topological polar surface area (TPSA) is 102 Å². The predicted molar refractivity (Wildman–Crippen MR) is 125 cm³/mol. The molecular weight excluding hydrogens is 436 g/mol. The van der Waals surface area contributed by atoms with E-state index >= 15 is 0 Å². The molecule has 1 aliphatic carbocycles. The summed E-state index contributed by atoms with van der Waals surface area (Å²) in [6, 6.07) is 12.6. The maximum Gasteiger partial charge on any atom is 0.337 e. The number of benzene rings is 2. The monoisotopic (exact) mass is 464 g/mol. The lowest BCUT2D eigenvalue weighted by Crippen LogP contribution is -2.47. The zero-order valence-electron chi connectivity index (χ0n) is 19.3. The van der Waals surface area contributed by atoms with Crippen molar-refractivity contribution in [3.63, 3.8) is 0 Å². The molecule has 2 fully saturated rings. The third-order valence-electron chi connectivity index (χ3n) is 6.69. The van der Waals surface area contributed by atoms with Crippen LogP contribution < -0.4 is 5.32 Å². The highest BCUT2D eigenvalue weighted by atomic mass is 16.5. The number of carbonyl (C=O) groups is 4. The van der Waals surface area contributed by atoms with Crippen molar-refractivity contribution in [2.24, 2.45) is 5.92 Å². The first-order chi connectivity index (χ1) is 16.4. The molecule has 8 heteroatoms. The number of ether oxygens (including phenoxy) is 2. The summed E-state index contributed by atoms with van der Waals surface area (Å²) in [4.78, 5) is 52.9. The van der Waals surface area contributed by atoms with E-state index in [2.05, 4.69) is 5.32 Å². The second-order valence-corrected chi connectivity index (χ2v) is 8.71. The summed E-state index contributed by atoms with van der Waals surface area (Å²) < 4.78 is 9.54. The number of nitrogens with one attached hydrogen (secondary N) is 1. The first-order valence-corrected chi connectivity index (χ1v) is 11.4. The van der Waals surface area contributed by atoms with Gasteiger partial charge in [-0.05, 0) is 55.5 Å². The van der Waals surface area contributed by atoms with Crippen LogP contribution in [0.15, 0.2) is 48.5 Å². The van der Waals surface area contributed by atoms with Crippen LogP contribution in [0, 0.1) is 5.92 Å². The average molecular weight is 465 g/mol. The molecule has 1 aliphatic heterocycles. The van der Waals surface area contributed by atoms with Gasteiger partial charge in [0.2, 0.25) is 5.91 Å². The highest BCUT2D eigenvalue weighted by Gasteiger charge is 2.47. The SMILES string of the molecule is COC(=O)c1cc(NC(=O)C2CC3CCCCC3N2C(=O)c2ccccc2)cc(C(=O)OC)c1. The lowest BCUT2D eigenvalue weighted by atomic mass is 9.84. The number of amides is 2. The van der Waals surface area contributed by atoms with Crippen LogP contribution in [0.5, 0.6) is 0 Å². The van der Waals surface area contributed by atoms with E-state index in [-0.39, 0.29) is 40.6 Å². The third kappa shape index (κ3) is 4.66. The summed E-state index contributed by atoms with van der Waals surface area (Å²) in [5, 5.41) is 2.82. The molecule has 2 aliphatic rings. The van der Waals surface area contributed by atoms with Crippen molar-refractivity contribution >= 4 is 29.4 Å². The predicted octanol–water partition coefficient (Wildman–Crippen LogP) is 3.67. The van der Waals surface area contributed by atoms with Gasteiger partial charge in [-0.1, -0.05) is 31.0 Å². The van der Waals surface area contributed by atoms with Gasteiger partial charge in [-0.25, -0.2) is 9.59 Å². The van der Waals surface area contributed by atoms with Gasteiger partial charge in [0.15, 0.2) is 0 Å². The van der Waals surface area contributed by atoms with E-state index in [1.54, 1.807) is 17.0 Å². The van der Waals surface area contributed by atoms with Gasteiger partial charge in [0.1, 0.15) is 6.04 Å². The van der Waals surface area contributed by atoms with E-state index in [1.165, 1.54) is 32.4 Å². The van der Waals surface area contributed by atoms with E-state index in [9.17, 15) is 19.2 Å². The maximum atomic E-state index is 13.5. The number of fused-ring (bicyclic) bond motifs is 1. The molecular formula is C26H28N2O6. The maximum absolute atomic E-state index is 13.5. The Hall–Kier alpha value is -3.68. The second-order valence-electron chi connectivity index (χ2n) is 8.71. The third-order valence-corrected chi connectivity index (χ3v) is 6.69. The van der Waals surface area contributed by atoms with Crippen LogP contribution in [0.25, 0.3) is 0 Å². The molecule has 178 valence electrons. The molecule has 3 unspecified atom stereocenters. The van der Waals surface area contributed by atoms with E-state index in [4.69, 9.17) is 9.47 Å². The Balaban J connectivity index is 1.64. The smallest absolute Gasteiger partial charge is 0.337 e. The lowest BCUT2D eigenvalue weighted by Gasteiger charge is -2.33. The van der Waals surface area contributed by atoms with Crippen molar-refractivity contribution in [1.29, 1.82) is 0 Å². The number of nitrogens with zero attached hydrogens (tertiary/aromatic N) is 1. The minimum atomic E-state index is -0.649. The molecule has 2 amide bonds. The average Bonchev–Trinajstić information content (AvgIpc) is 3.27. The molecule has 2 aromatic carbocycles. The van der Waals surface area contributed by atoms with Crippen LogP contribution in [-0.2, 0) is 14.3 Å². The van der Waals surface area contributed by atoms with Crippen molar-refractivity contribution < 1.29 is 28.7 Å². The van der Waals surface area contributed by atoms with Crippen LogP contribution in [0.4, 0.5) is 5.69 Å². The van der Waals surface area contributed by atoms with E-state index in [1.807, 2.05) is 18.2 Å². The normalized spacial score (nSPS) is 21.4. The number of carbonyl (C=O) groups excluding carboxylic acids is 4. The molecule has 0 bridgehead atoms. The zero-order valence-corrected chi connectivity index (χ0v) is 19.3. The number of likely N-dealkylation sites (tertiary alicyclic amines) is 1. The Bertz CT molecular complexity index is 1070. The Labute approximate surface area is 198 Å². The highest BCUT2D eigenvalue weighted by molar-refractivity contribution is 6.03. The Morgan fingerprint density at radius 1 is 0.853 bits per heavy atom. The van der Waals surface area contributed by atoms with Gasteiger partial charge in [0, 0.05) is 17.3 Å². The molecule has 3 atom stereocenters. The molecule has 0 aromatic heterocycles. The summed E-state index contributed by atoms with van der Waals surface area (Å²) in [5.74, 6) is -1.53. The van der Waals surface area contributed by atoms with Gasteiger partial charge in [0.25, 0.3) is 5.91 Å². The fourth-order valence-corrected chi connectivity index (χ4v) is 5.11. The summed E-state index contributed by atoms with van der Waals surface area (Å²) >= 11 is 0. The summed E-state index contributed by atoms with van der Waals surface area (Å²) in [7, 11) is 2.47. The molecule has 4 rings (SSSR count). The van der Waals surface area contributed by atoms with Crippen molar-refractivity contribution in [2.45, 2.75) is 44.2 Å². The van der Waals surface area contributed by atoms with Crippen molar-refractivity contribution in [3.8, 4) is 0 Å². The second kappa shape index (κ2) is 10.1. The molecule has 34 heavy (non-hydrogen) atoms. The lowest BCUT2D eigenvalue weighted by molar-refractivity contribution is -0.120. The largest absolute Gasteiger partial charge is 0.465 e. The van der Waals surface area contributed by atoms with E-state index < -0.39 is 18.0 Å². The molecule has 0 radical (unpaired) electrons. The first kappa shape index (κ1) is 23.5. The summed E-state index contributed by atoms with van der Waals surface area (Å²) in [6.45, 7) is 0. The van der Waals surface area contributed by atoms with Gasteiger partial charge in [0.05, 0.1) is 25.3 Å². The van der Waals surface area contributed by atoms with Crippen LogP contribution in [-0.4, -0.2) is 55.0 Å². The van der Waals surface area contributed by atoms with Gasteiger partial charge < -0.3 is 19.7 Å². The van der Waals surface area contributed by atoms with Gasteiger partial charge in [-0.3, -0.25) is 9.59 Å². The van der Waals surface area contributed by atoms with E-state index in [0.29, 0.717) is 12.0 Å². The molecule has 1 saturated carbocycles. The zero-order chi connectivity index (χ0) is 24.2. The van der Waals surface area contributed by atoms with Gasteiger partial charge in [-0.2, -0.15) is 0 Å². The molecule has 0 spiro atoms. The Kier molecular flexibility index (Phi) is 6.95. The number of methoxy groups -OCH3 is 2. The number of anilines is 1. The minimum Gasteiger partial charge on any atom is -0.465 e. The van der Waals surface area contributed by atoms with Gasteiger partial charge in [-0.15, -0.1) is 0 Å². The van der Waals surface area contributed by atoms with Crippen LogP contribution >= 0.6 is 0 Å². The summed E-state index contributed by atoms with van der Waals surface area (Å²) in [5.41, 5.74) is 1.03. The fourth-order valence-electron chi connectivity index (χ4n) is 5.11. The van der Waals surface area contributed by atoms with Crippen LogP contribution in [0.2, 0.25) is 0 Å². The molecule has 8 nitrogen and oxygen atoms in total.